The number of thioether (sulfide) groups is 2. The predicted octanol–water partition coefficient (Wildman–Crippen LogP) is 5.58. The van der Waals surface area contributed by atoms with Crippen LogP contribution in [0.25, 0.3) is 0 Å². The monoisotopic (exact) mass is 510 g/mol. The van der Waals surface area contributed by atoms with E-state index in [0.717, 1.165) is 32.5 Å². The van der Waals surface area contributed by atoms with Crippen LogP contribution in [0.5, 0.6) is 0 Å². The van der Waals surface area contributed by atoms with Crippen molar-refractivity contribution >= 4 is 71.3 Å². The molecule has 0 unspecified atom stereocenters. The standard InChI is InChI=1S/C18H12Br2N2O2S2/c19-14-5-1-12(2-6-14)16(23)9-25-18(22-11-21)26-10-17(24)13-3-7-15(20)8-4-13/h1-8H,9-10H2. The number of nitriles is 1. The normalized spacial score (nSPS) is 10.0. The molecule has 0 heterocycles. The van der Waals surface area contributed by atoms with E-state index in [0.29, 0.717) is 15.5 Å². The van der Waals surface area contributed by atoms with Crippen LogP contribution in [0.3, 0.4) is 0 Å². The molecule has 132 valence electrons. The molecule has 0 fully saturated rings. The number of rotatable bonds is 6. The van der Waals surface area contributed by atoms with Crippen molar-refractivity contribution in [2.24, 2.45) is 4.99 Å². The van der Waals surface area contributed by atoms with Gasteiger partial charge in [0.25, 0.3) is 0 Å². The molecule has 0 aliphatic rings. The van der Waals surface area contributed by atoms with Gasteiger partial charge in [0, 0.05) is 20.1 Å². The number of hydrogen-bond donors (Lipinski definition) is 0. The Morgan fingerprint density at radius 1 is 0.846 bits per heavy atom. The molecule has 0 radical (unpaired) electrons. The van der Waals surface area contributed by atoms with E-state index in [1.807, 2.05) is 0 Å². The molecule has 0 atom stereocenters. The van der Waals surface area contributed by atoms with E-state index in [1.54, 1.807) is 54.7 Å². The number of carbonyl (C=O) groups is 2. The maximum Gasteiger partial charge on any atom is 0.207 e. The average Bonchev–Trinajstić information content (AvgIpc) is 2.64. The summed E-state index contributed by atoms with van der Waals surface area (Å²) < 4.78 is 2.20. The Hall–Kier alpha value is -1.40. The number of halogens is 2. The Balaban J connectivity index is 1.90. The first kappa shape index (κ1) is 20.9. The van der Waals surface area contributed by atoms with Gasteiger partial charge in [0.2, 0.25) is 6.19 Å². The summed E-state index contributed by atoms with van der Waals surface area (Å²) in [6.07, 6.45) is 1.72. The smallest absolute Gasteiger partial charge is 0.207 e. The van der Waals surface area contributed by atoms with Gasteiger partial charge in [-0.05, 0) is 24.3 Å². The molecule has 0 bridgehead atoms. The fraction of sp³-hybridized carbons (Fsp3) is 0.111. The van der Waals surface area contributed by atoms with Gasteiger partial charge in [-0.1, -0.05) is 79.6 Å². The molecule has 0 N–H and O–H groups in total. The summed E-state index contributed by atoms with van der Waals surface area (Å²) in [5.41, 5.74) is 1.18. The lowest BCUT2D eigenvalue weighted by Crippen LogP contribution is -2.07. The Bertz CT molecular complexity index is 797. The molecule has 26 heavy (non-hydrogen) atoms. The third kappa shape index (κ3) is 6.72. The lowest BCUT2D eigenvalue weighted by atomic mass is 10.2. The van der Waals surface area contributed by atoms with Crippen LogP contribution in [0.15, 0.2) is 62.5 Å². The summed E-state index contributed by atoms with van der Waals surface area (Å²) in [5.74, 6) is 0.185. The zero-order valence-electron chi connectivity index (χ0n) is 13.3. The maximum absolute atomic E-state index is 12.2. The number of benzene rings is 2. The fourth-order valence-corrected chi connectivity index (χ4v) is 4.11. The Morgan fingerprint density at radius 2 is 1.23 bits per heavy atom. The van der Waals surface area contributed by atoms with E-state index in [4.69, 9.17) is 5.26 Å². The van der Waals surface area contributed by atoms with Crippen molar-refractivity contribution in [3.05, 3.63) is 68.6 Å². The van der Waals surface area contributed by atoms with Crippen LogP contribution in [0.2, 0.25) is 0 Å². The van der Waals surface area contributed by atoms with E-state index in [-0.39, 0.29) is 23.1 Å². The lowest BCUT2D eigenvalue weighted by Gasteiger charge is -2.05. The lowest BCUT2D eigenvalue weighted by molar-refractivity contribution is 0.101. The van der Waals surface area contributed by atoms with Gasteiger partial charge in [0.1, 0.15) is 4.38 Å². The second-order valence-corrected chi connectivity index (χ2v) is 8.93. The zero-order valence-corrected chi connectivity index (χ0v) is 18.1. The highest BCUT2D eigenvalue weighted by Crippen LogP contribution is 2.21. The molecule has 4 nitrogen and oxygen atoms in total. The number of Topliss-reactive ketones (excluding diaryl/α,β-unsaturated/α-hetero) is 2. The minimum Gasteiger partial charge on any atom is -0.293 e. The maximum atomic E-state index is 12.2. The molecular formula is C18H12Br2N2O2S2. The van der Waals surface area contributed by atoms with Gasteiger partial charge in [0.15, 0.2) is 11.6 Å². The first-order valence-electron chi connectivity index (χ1n) is 7.29. The van der Waals surface area contributed by atoms with Gasteiger partial charge in [0.05, 0.1) is 11.5 Å². The summed E-state index contributed by atoms with van der Waals surface area (Å²) in [6, 6.07) is 14.1. The van der Waals surface area contributed by atoms with Gasteiger partial charge >= 0.3 is 0 Å². The minimum atomic E-state index is -0.0621. The molecule has 8 heteroatoms. The number of nitrogens with zero attached hydrogens (tertiary/aromatic N) is 2. The van der Waals surface area contributed by atoms with Crippen LogP contribution >= 0.6 is 55.4 Å². The second-order valence-electron chi connectivity index (χ2n) is 4.92. The van der Waals surface area contributed by atoms with Crippen LogP contribution in [0.4, 0.5) is 0 Å². The molecule has 0 aliphatic carbocycles. The predicted molar refractivity (Wildman–Crippen MR) is 115 cm³/mol. The van der Waals surface area contributed by atoms with Crippen LogP contribution in [0, 0.1) is 11.5 Å². The van der Waals surface area contributed by atoms with Crippen LogP contribution < -0.4 is 0 Å². The fourth-order valence-electron chi connectivity index (χ4n) is 1.84. The first-order valence-corrected chi connectivity index (χ1v) is 10.8. The summed E-state index contributed by atoms with van der Waals surface area (Å²) in [4.78, 5) is 28.1. The minimum absolute atomic E-state index is 0.0621. The summed E-state index contributed by atoms with van der Waals surface area (Å²) >= 11 is 8.97. The van der Waals surface area contributed by atoms with E-state index in [9.17, 15) is 9.59 Å². The van der Waals surface area contributed by atoms with E-state index in [1.165, 1.54) is 0 Å². The highest BCUT2D eigenvalue weighted by molar-refractivity contribution is 9.10. The third-order valence-electron chi connectivity index (χ3n) is 3.13. The topological polar surface area (TPSA) is 70.3 Å². The Kier molecular flexibility index (Phi) is 8.59. The van der Waals surface area contributed by atoms with Crippen molar-refractivity contribution in [3.8, 4) is 6.19 Å². The number of carbonyl (C=O) groups excluding carboxylic acids is 2. The molecule has 0 aliphatic heterocycles. The number of hydrogen-bond acceptors (Lipinski definition) is 6. The molecule has 2 aromatic rings. The molecule has 2 aromatic carbocycles. The largest absolute Gasteiger partial charge is 0.293 e. The number of ketones is 2. The summed E-state index contributed by atoms with van der Waals surface area (Å²) in [5, 5.41) is 8.82. The van der Waals surface area contributed by atoms with E-state index >= 15 is 0 Å². The molecule has 2 rings (SSSR count). The van der Waals surface area contributed by atoms with E-state index in [2.05, 4.69) is 36.9 Å². The van der Waals surface area contributed by atoms with Gasteiger partial charge in [-0.3, -0.25) is 9.59 Å². The van der Waals surface area contributed by atoms with Crippen LogP contribution in [0.1, 0.15) is 20.7 Å². The van der Waals surface area contributed by atoms with Gasteiger partial charge < -0.3 is 0 Å². The van der Waals surface area contributed by atoms with Crippen molar-refractivity contribution in [1.29, 1.82) is 5.26 Å². The van der Waals surface area contributed by atoms with Crippen LogP contribution in [-0.2, 0) is 0 Å². The summed E-state index contributed by atoms with van der Waals surface area (Å²) in [7, 11) is 0. The highest BCUT2D eigenvalue weighted by atomic mass is 79.9. The van der Waals surface area contributed by atoms with Crippen molar-refractivity contribution in [3.63, 3.8) is 0 Å². The average molecular weight is 512 g/mol. The van der Waals surface area contributed by atoms with Crippen molar-refractivity contribution in [2.45, 2.75) is 0 Å². The van der Waals surface area contributed by atoms with Gasteiger partial charge in [-0.15, -0.1) is 0 Å². The Morgan fingerprint density at radius 3 is 1.58 bits per heavy atom. The van der Waals surface area contributed by atoms with E-state index < -0.39 is 0 Å². The van der Waals surface area contributed by atoms with Gasteiger partial charge in [-0.2, -0.15) is 10.3 Å². The molecule has 0 saturated heterocycles. The molecule has 0 spiro atoms. The SMILES string of the molecule is N#CN=C(SCC(=O)c1ccc(Br)cc1)SCC(=O)c1ccc(Br)cc1. The van der Waals surface area contributed by atoms with Crippen LogP contribution in [-0.4, -0.2) is 27.4 Å². The zero-order chi connectivity index (χ0) is 18.9. The molecule has 0 amide bonds. The second kappa shape index (κ2) is 10.7. The highest BCUT2D eigenvalue weighted by Gasteiger charge is 2.12. The number of aliphatic imine (C=N–C) groups is 1. The first-order chi connectivity index (χ1) is 12.5. The van der Waals surface area contributed by atoms with Gasteiger partial charge in [-0.25, -0.2) is 0 Å². The van der Waals surface area contributed by atoms with Crippen molar-refractivity contribution in [2.75, 3.05) is 11.5 Å². The van der Waals surface area contributed by atoms with Crippen molar-refractivity contribution < 1.29 is 9.59 Å². The van der Waals surface area contributed by atoms with Crippen molar-refractivity contribution in [1.82, 2.24) is 0 Å². The molecule has 0 saturated carbocycles. The molecular weight excluding hydrogens is 500 g/mol. The summed E-state index contributed by atoms with van der Waals surface area (Å²) in [6.45, 7) is 0. The Labute approximate surface area is 176 Å². The quantitative estimate of drug-likeness (QED) is 0.219. The molecule has 0 aromatic heterocycles. The third-order valence-corrected chi connectivity index (χ3v) is 6.38.